The topological polar surface area (TPSA) is 86.5 Å². The number of nitrogens with zero attached hydrogens (tertiary/aromatic N) is 1. The second-order valence-electron chi connectivity index (χ2n) is 5.53. The average molecular weight is 291 g/mol. The van der Waals surface area contributed by atoms with Gasteiger partial charge in [-0.15, -0.1) is 0 Å². The molecule has 6 heteroatoms. The zero-order chi connectivity index (χ0) is 14.7. The molecule has 0 aromatic carbocycles. The van der Waals surface area contributed by atoms with Crippen molar-refractivity contribution in [3.63, 3.8) is 0 Å². The number of aryl methyl sites for hydroxylation is 2. The summed E-state index contributed by atoms with van der Waals surface area (Å²) >= 11 is 0. The molecule has 1 atom stereocenters. The maximum Gasteiger partial charge on any atom is 0.254 e. The molecule has 0 radical (unpaired) electrons. The highest BCUT2D eigenvalue weighted by molar-refractivity contribution is 5.95. The van der Waals surface area contributed by atoms with Crippen LogP contribution in [0.25, 0.3) is 0 Å². The molecule has 1 aliphatic heterocycles. The van der Waals surface area contributed by atoms with E-state index in [4.69, 9.17) is 15.2 Å². The van der Waals surface area contributed by atoms with Crippen molar-refractivity contribution in [1.29, 1.82) is 0 Å². The van der Waals surface area contributed by atoms with Gasteiger partial charge in [-0.1, -0.05) is 0 Å². The third-order valence-electron chi connectivity index (χ3n) is 3.94. The number of carbonyl (C=O) groups is 1. The van der Waals surface area contributed by atoms with Crippen molar-refractivity contribution in [1.82, 2.24) is 10.3 Å². The van der Waals surface area contributed by atoms with Gasteiger partial charge >= 0.3 is 0 Å². The lowest BCUT2D eigenvalue weighted by Gasteiger charge is -2.24. The Morgan fingerprint density at radius 3 is 3.10 bits per heavy atom. The van der Waals surface area contributed by atoms with Crippen LogP contribution in [-0.2, 0) is 17.6 Å². The Labute approximate surface area is 124 Å². The molecule has 3 N–H and O–H groups in total. The van der Waals surface area contributed by atoms with E-state index in [0.717, 1.165) is 50.0 Å². The van der Waals surface area contributed by atoms with Crippen molar-refractivity contribution < 1.29 is 14.3 Å². The van der Waals surface area contributed by atoms with E-state index in [0.29, 0.717) is 24.7 Å². The molecule has 1 aromatic rings. The second kappa shape index (κ2) is 6.41. The molecule has 3 rings (SSSR count). The molecule has 21 heavy (non-hydrogen) atoms. The third-order valence-corrected chi connectivity index (χ3v) is 3.94. The first kappa shape index (κ1) is 14.3. The lowest BCUT2D eigenvalue weighted by molar-refractivity contribution is -0.000966. The SMILES string of the molecule is NC(=O)c1cc2c(nc1OCC1CNCCO1)CCCC2. The Balaban J connectivity index is 1.77. The van der Waals surface area contributed by atoms with E-state index in [2.05, 4.69) is 10.3 Å². The number of ether oxygens (including phenoxy) is 2. The van der Waals surface area contributed by atoms with Crippen LogP contribution in [0.2, 0.25) is 0 Å². The molecule has 1 amide bonds. The van der Waals surface area contributed by atoms with E-state index in [9.17, 15) is 4.79 Å². The molecular weight excluding hydrogens is 270 g/mol. The predicted molar refractivity (Wildman–Crippen MR) is 77.5 cm³/mol. The van der Waals surface area contributed by atoms with E-state index in [-0.39, 0.29) is 6.10 Å². The Kier molecular flexibility index (Phi) is 4.36. The van der Waals surface area contributed by atoms with Gasteiger partial charge in [-0.2, -0.15) is 0 Å². The van der Waals surface area contributed by atoms with Gasteiger partial charge in [-0.3, -0.25) is 4.79 Å². The first-order chi connectivity index (χ1) is 10.2. The fourth-order valence-electron chi connectivity index (χ4n) is 2.80. The molecule has 1 aromatic heterocycles. The molecular formula is C15H21N3O3. The zero-order valence-corrected chi connectivity index (χ0v) is 12.1. The summed E-state index contributed by atoms with van der Waals surface area (Å²) < 4.78 is 11.3. The molecule has 1 saturated heterocycles. The number of hydrogen-bond acceptors (Lipinski definition) is 5. The van der Waals surface area contributed by atoms with Crippen molar-refractivity contribution in [2.75, 3.05) is 26.3 Å². The summed E-state index contributed by atoms with van der Waals surface area (Å²) in [6.07, 6.45) is 4.14. The molecule has 1 fully saturated rings. The van der Waals surface area contributed by atoms with E-state index in [1.54, 1.807) is 0 Å². The molecule has 6 nitrogen and oxygen atoms in total. The largest absolute Gasteiger partial charge is 0.474 e. The summed E-state index contributed by atoms with van der Waals surface area (Å²) in [5, 5.41) is 3.24. The molecule has 0 saturated carbocycles. The van der Waals surface area contributed by atoms with E-state index >= 15 is 0 Å². The van der Waals surface area contributed by atoms with Crippen molar-refractivity contribution in [2.24, 2.45) is 5.73 Å². The number of amides is 1. The van der Waals surface area contributed by atoms with Gasteiger partial charge in [0, 0.05) is 18.8 Å². The standard InChI is InChI=1S/C15H21N3O3/c16-14(19)12-7-10-3-1-2-4-13(10)18-15(12)21-9-11-8-17-5-6-20-11/h7,11,17H,1-6,8-9H2,(H2,16,19). The predicted octanol–water partition coefficient (Wildman–Crippen LogP) is 0.426. The average Bonchev–Trinajstić information content (AvgIpc) is 2.53. The number of primary amides is 1. The minimum absolute atomic E-state index is 0.0164. The number of hydrogen-bond donors (Lipinski definition) is 2. The van der Waals surface area contributed by atoms with Crippen LogP contribution in [0.15, 0.2) is 6.07 Å². The Bertz CT molecular complexity index is 527. The van der Waals surface area contributed by atoms with Crippen LogP contribution in [0.4, 0.5) is 0 Å². The van der Waals surface area contributed by atoms with Crippen LogP contribution in [0, 0.1) is 0 Å². The van der Waals surface area contributed by atoms with Crippen LogP contribution in [0.5, 0.6) is 5.88 Å². The number of rotatable bonds is 4. The lowest BCUT2D eigenvalue weighted by atomic mass is 9.95. The zero-order valence-electron chi connectivity index (χ0n) is 12.1. The van der Waals surface area contributed by atoms with Gasteiger partial charge < -0.3 is 20.5 Å². The van der Waals surface area contributed by atoms with Crippen molar-refractivity contribution in [2.45, 2.75) is 31.8 Å². The first-order valence-corrected chi connectivity index (χ1v) is 7.52. The van der Waals surface area contributed by atoms with Crippen molar-refractivity contribution in [3.05, 3.63) is 22.9 Å². The molecule has 2 heterocycles. The van der Waals surface area contributed by atoms with E-state index in [1.807, 2.05) is 6.07 Å². The number of aromatic nitrogens is 1. The quantitative estimate of drug-likeness (QED) is 0.840. The van der Waals surface area contributed by atoms with Crippen LogP contribution in [-0.4, -0.2) is 43.3 Å². The van der Waals surface area contributed by atoms with Crippen LogP contribution >= 0.6 is 0 Å². The Morgan fingerprint density at radius 1 is 1.48 bits per heavy atom. The first-order valence-electron chi connectivity index (χ1n) is 7.52. The monoisotopic (exact) mass is 291 g/mol. The molecule has 1 unspecified atom stereocenters. The van der Waals surface area contributed by atoms with Crippen LogP contribution < -0.4 is 15.8 Å². The van der Waals surface area contributed by atoms with Gasteiger partial charge in [0.15, 0.2) is 0 Å². The maximum absolute atomic E-state index is 11.6. The smallest absolute Gasteiger partial charge is 0.254 e. The van der Waals surface area contributed by atoms with Crippen molar-refractivity contribution in [3.8, 4) is 5.88 Å². The highest BCUT2D eigenvalue weighted by Gasteiger charge is 2.21. The number of fused-ring (bicyclic) bond motifs is 1. The van der Waals surface area contributed by atoms with Gasteiger partial charge in [0.1, 0.15) is 18.3 Å². The molecule has 1 aliphatic carbocycles. The van der Waals surface area contributed by atoms with Gasteiger partial charge in [0.05, 0.1) is 6.61 Å². The highest BCUT2D eigenvalue weighted by Crippen LogP contribution is 2.26. The number of carbonyl (C=O) groups excluding carboxylic acids is 1. The maximum atomic E-state index is 11.6. The van der Waals surface area contributed by atoms with Gasteiger partial charge in [0.25, 0.3) is 5.91 Å². The van der Waals surface area contributed by atoms with Gasteiger partial charge in [-0.25, -0.2) is 4.98 Å². The Morgan fingerprint density at radius 2 is 2.33 bits per heavy atom. The molecule has 114 valence electrons. The number of morpholine rings is 1. The summed E-state index contributed by atoms with van der Waals surface area (Å²) in [6.45, 7) is 2.66. The molecule has 0 spiro atoms. The highest BCUT2D eigenvalue weighted by atomic mass is 16.5. The van der Waals surface area contributed by atoms with Gasteiger partial charge in [-0.05, 0) is 37.3 Å². The minimum atomic E-state index is -0.492. The number of nitrogens with two attached hydrogens (primary N) is 1. The van der Waals surface area contributed by atoms with Gasteiger partial charge in [0.2, 0.25) is 5.88 Å². The summed E-state index contributed by atoms with van der Waals surface area (Å²) in [5.41, 5.74) is 7.98. The normalized spacial score (nSPS) is 21.6. The summed E-state index contributed by atoms with van der Waals surface area (Å²) in [6, 6.07) is 1.85. The van der Waals surface area contributed by atoms with E-state index in [1.165, 1.54) is 0 Å². The van der Waals surface area contributed by atoms with E-state index < -0.39 is 5.91 Å². The summed E-state index contributed by atoms with van der Waals surface area (Å²) in [5.74, 6) is -0.147. The van der Waals surface area contributed by atoms with Crippen LogP contribution in [0.3, 0.4) is 0 Å². The number of nitrogens with one attached hydrogen (secondary N) is 1. The minimum Gasteiger partial charge on any atom is -0.474 e. The fourth-order valence-corrected chi connectivity index (χ4v) is 2.80. The lowest BCUT2D eigenvalue weighted by Crippen LogP contribution is -2.41. The Hall–Kier alpha value is -1.66. The molecule has 0 bridgehead atoms. The number of pyridine rings is 1. The van der Waals surface area contributed by atoms with Crippen LogP contribution in [0.1, 0.15) is 34.5 Å². The second-order valence-corrected chi connectivity index (χ2v) is 5.53. The summed E-state index contributed by atoms with van der Waals surface area (Å²) in [7, 11) is 0. The molecule has 2 aliphatic rings. The van der Waals surface area contributed by atoms with Crippen molar-refractivity contribution >= 4 is 5.91 Å². The third kappa shape index (κ3) is 3.33. The fraction of sp³-hybridized carbons (Fsp3) is 0.600. The summed E-state index contributed by atoms with van der Waals surface area (Å²) in [4.78, 5) is 16.1.